The van der Waals surface area contributed by atoms with E-state index in [1.165, 1.54) is 0 Å². The number of rotatable bonds is 4. The molecule has 2 heteroatoms. The first-order valence-corrected chi connectivity index (χ1v) is 6.18. The van der Waals surface area contributed by atoms with E-state index in [2.05, 4.69) is 0 Å². The number of methoxy groups -OCH3 is 1. The second kappa shape index (κ2) is 6.01. The normalized spacial score (nSPS) is 10.6. The van der Waals surface area contributed by atoms with Crippen molar-refractivity contribution in [3.63, 3.8) is 0 Å². The molecule has 0 amide bonds. The van der Waals surface area contributed by atoms with Crippen molar-refractivity contribution >= 4 is 11.8 Å². The Balaban J connectivity index is 2.22. The molecule has 0 aromatic heterocycles. The number of allylic oxidation sites excluding steroid dienone is 1. The average molecular weight is 251 g/mol. The van der Waals surface area contributed by atoms with Gasteiger partial charge in [0.15, 0.2) is 0 Å². The van der Waals surface area contributed by atoms with Gasteiger partial charge in [-0.15, -0.1) is 0 Å². The minimum absolute atomic E-state index is 0.503. The van der Waals surface area contributed by atoms with E-state index in [4.69, 9.17) is 10.1 Å². The number of hydrogen-bond acceptors (Lipinski definition) is 2. The fourth-order valence-electron chi connectivity index (χ4n) is 1.92. The van der Waals surface area contributed by atoms with Crippen LogP contribution in [0.2, 0.25) is 0 Å². The number of nitrogens with one attached hydrogen (secondary N) is 1. The molecule has 0 saturated heterocycles. The summed E-state index contributed by atoms with van der Waals surface area (Å²) in [6, 6.07) is 15.6. The van der Waals surface area contributed by atoms with Gasteiger partial charge < -0.3 is 10.1 Å². The van der Waals surface area contributed by atoms with Gasteiger partial charge in [0.1, 0.15) is 5.75 Å². The van der Waals surface area contributed by atoms with Crippen LogP contribution in [0.3, 0.4) is 0 Å². The Labute approximate surface area is 113 Å². The minimum atomic E-state index is 0.503. The van der Waals surface area contributed by atoms with Gasteiger partial charge in [-0.1, -0.05) is 48.5 Å². The highest BCUT2D eigenvalue weighted by Crippen LogP contribution is 2.21. The summed E-state index contributed by atoms with van der Waals surface area (Å²) < 4.78 is 5.29. The first-order valence-electron chi connectivity index (χ1n) is 6.18. The smallest absolute Gasteiger partial charge is 0.122 e. The van der Waals surface area contributed by atoms with Crippen molar-refractivity contribution in [2.75, 3.05) is 7.11 Å². The van der Waals surface area contributed by atoms with Crippen LogP contribution >= 0.6 is 0 Å². The molecule has 0 saturated carbocycles. The van der Waals surface area contributed by atoms with E-state index in [0.717, 1.165) is 22.4 Å². The molecule has 2 rings (SSSR count). The second-order valence-electron chi connectivity index (χ2n) is 4.29. The van der Waals surface area contributed by atoms with Crippen molar-refractivity contribution in [3.05, 3.63) is 71.3 Å². The number of ether oxygens (including phenoxy) is 1. The summed E-state index contributed by atoms with van der Waals surface area (Å²) >= 11 is 0. The monoisotopic (exact) mass is 251 g/mol. The van der Waals surface area contributed by atoms with Crippen LogP contribution in [0.4, 0.5) is 0 Å². The maximum absolute atomic E-state index is 8.03. The standard InChI is InChI=1S/C17H17NO/c1-13-14(9-6-10-17(13)19-2)11-12-16(18)15-7-4-3-5-8-15/h3-12,18H,1-2H3/b12-11-,18-16?. The Kier molecular flexibility index (Phi) is 4.14. The molecule has 2 aromatic carbocycles. The van der Waals surface area contributed by atoms with E-state index in [9.17, 15) is 0 Å². The van der Waals surface area contributed by atoms with E-state index < -0.39 is 0 Å². The molecule has 0 atom stereocenters. The van der Waals surface area contributed by atoms with Gasteiger partial charge in [0.2, 0.25) is 0 Å². The van der Waals surface area contributed by atoms with Crippen molar-refractivity contribution in [1.82, 2.24) is 0 Å². The molecule has 0 radical (unpaired) electrons. The molecule has 0 aliphatic carbocycles. The second-order valence-corrected chi connectivity index (χ2v) is 4.29. The van der Waals surface area contributed by atoms with Crippen molar-refractivity contribution in [3.8, 4) is 5.75 Å². The molecular formula is C17H17NO. The third-order valence-electron chi connectivity index (χ3n) is 3.06. The molecular weight excluding hydrogens is 234 g/mol. The van der Waals surface area contributed by atoms with Crippen LogP contribution in [0.1, 0.15) is 16.7 Å². The summed E-state index contributed by atoms with van der Waals surface area (Å²) in [4.78, 5) is 0. The maximum Gasteiger partial charge on any atom is 0.122 e. The van der Waals surface area contributed by atoms with E-state index in [0.29, 0.717) is 5.71 Å². The molecule has 2 nitrogen and oxygen atoms in total. The SMILES string of the molecule is COc1cccc(/C=C\C(=N)c2ccccc2)c1C. The van der Waals surface area contributed by atoms with Gasteiger partial charge in [-0.05, 0) is 35.8 Å². The van der Waals surface area contributed by atoms with Crippen LogP contribution in [-0.4, -0.2) is 12.8 Å². The number of hydrogen-bond donors (Lipinski definition) is 1. The van der Waals surface area contributed by atoms with Crippen molar-refractivity contribution in [2.24, 2.45) is 0 Å². The van der Waals surface area contributed by atoms with Gasteiger partial charge in [-0.2, -0.15) is 0 Å². The van der Waals surface area contributed by atoms with Crippen LogP contribution in [0.5, 0.6) is 5.75 Å². The third-order valence-corrected chi connectivity index (χ3v) is 3.06. The topological polar surface area (TPSA) is 33.1 Å². The quantitative estimate of drug-likeness (QED) is 0.816. The van der Waals surface area contributed by atoms with Crippen LogP contribution in [0, 0.1) is 12.3 Å². The number of benzene rings is 2. The Morgan fingerprint density at radius 1 is 1.05 bits per heavy atom. The molecule has 2 aromatic rings. The zero-order valence-electron chi connectivity index (χ0n) is 11.2. The highest BCUT2D eigenvalue weighted by molar-refractivity contribution is 6.08. The predicted molar refractivity (Wildman–Crippen MR) is 80.0 cm³/mol. The Morgan fingerprint density at radius 3 is 2.47 bits per heavy atom. The largest absolute Gasteiger partial charge is 0.496 e. The highest BCUT2D eigenvalue weighted by Gasteiger charge is 2.01. The zero-order valence-corrected chi connectivity index (χ0v) is 11.2. The zero-order chi connectivity index (χ0) is 13.7. The van der Waals surface area contributed by atoms with Gasteiger partial charge >= 0.3 is 0 Å². The van der Waals surface area contributed by atoms with Crippen LogP contribution < -0.4 is 4.74 Å². The molecule has 0 unspecified atom stereocenters. The summed E-state index contributed by atoms with van der Waals surface area (Å²) in [5.41, 5.74) is 3.57. The van der Waals surface area contributed by atoms with Crippen molar-refractivity contribution in [2.45, 2.75) is 6.92 Å². The predicted octanol–water partition coefficient (Wildman–Crippen LogP) is 4.08. The van der Waals surface area contributed by atoms with Crippen LogP contribution in [-0.2, 0) is 0 Å². The Morgan fingerprint density at radius 2 is 1.79 bits per heavy atom. The van der Waals surface area contributed by atoms with E-state index >= 15 is 0 Å². The van der Waals surface area contributed by atoms with E-state index in [1.807, 2.05) is 67.6 Å². The fourth-order valence-corrected chi connectivity index (χ4v) is 1.92. The summed E-state index contributed by atoms with van der Waals surface area (Å²) in [6.07, 6.45) is 3.77. The molecule has 1 N–H and O–H groups in total. The van der Waals surface area contributed by atoms with Crippen LogP contribution in [0.15, 0.2) is 54.6 Å². The maximum atomic E-state index is 8.03. The lowest BCUT2D eigenvalue weighted by molar-refractivity contribution is 0.411. The minimum Gasteiger partial charge on any atom is -0.496 e. The highest BCUT2D eigenvalue weighted by atomic mass is 16.5. The summed E-state index contributed by atoms with van der Waals surface area (Å²) in [7, 11) is 1.67. The van der Waals surface area contributed by atoms with Gasteiger partial charge in [-0.3, -0.25) is 0 Å². The third kappa shape index (κ3) is 3.10. The molecule has 96 valence electrons. The lowest BCUT2D eigenvalue weighted by atomic mass is 10.0. The summed E-state index contributed by atoms with van der Waals surface area (Å²) in [5, 5.41) is 8.03. The fraction of sp³-hybridized carbons (Fsp3) is 0.118. The molecule has 0 aliphatic rings. The lowest BCUT2D eigenvalue weighted by Crippen LogP contribution is -1.94. The van der Waals surface area contributed by atoms with Gasteiger partial charge in [0, 0.05) is 0 Å². The Bertz CT molecular complexity index is 600. The van der Waals surface area contributed by atoms with Crippen molar-refractivity contribution in [1.29, 1.82) is 5.41 Å². The molecule has 19 heavy (non-hydrogen) atoms. The molecule has 0 spiro atoms. The summed E-state index contributed by atoms with van der Waals surface area (Å²) in [5.74, 6) is 0.869. The lowest BCUT2D eigenvalue weighted by Gasteiger charge is -2.07. The first-order chi connectivity index (χ1) is 9.22. The van der Waals surface area contributed by atoms with Crippen LogP contribution in [0.25, 0.3) is 6.08 Å². The average Bonchev–Trinajstić information content (AvgIpc) is 2.47. The molecule has 0 bridgehead atoms. The molecule has 0 fully saturated rings. The molecule has 0 heterocycles. The summed E-state index contributed by atoms with van der Waals surface area (Å²) in [6.45, 7) is 2.02. The van der Waals surface area contributed by atoms with Gasteiger partial charge in [-0.25, -0.2) is 0 Å². The van der Waals surface area contributed by atoms with E-state index in [1.54, 1.807) is 7.11 Å². The van der Waals surface area contributed by atoms with Gasteiger partial charge in [0.25, 0.3) is 0 Å². The van der Waals surface area contributed by atoms with E-state index in [-0.39, 0.29) is 0 Å². The Hall–Kier alpha value is -2.35. The molecule has 0 aliphatic heterocycles. The van der Waals surface area contributed by atoms with Gasteiger partial charge in [0.05, 0.1) is 12.8 Å². The van der Waals surface area contributed by atoms with Crippen molar-refractivity contribution < 1.29 is 4.74 Å². The first kappa shape index (κ1) is 13.1.